The number of hydrogen-bond donors (Lipinski definition) is 2. The summed E-state index contributed by atoms with van der Waals surface area (Å²) < 4.78 is 5.52. The van der Waals surface area contributed by atoms with Gasteiger partial charge in [0.05, 0.1) is 18.8 Å². The van der Waals surface area contributed by atoms with Crippen LogP contribution in [0.3, 0.4) is 0 Å². The third-order valence-corrected chi connectivity index (χ3v) is 5.79. The molecule has 2 aromatic heterocycles. The minimum Gasteiger partial charge on any atom is -0.496 e. The van der Waals surface area contributed by atoms with E-state index in [4.69, 9.17) is 9.72 Å². The van der Waals surface area contributed by atoms with Crippen LogP contribution in [0.5, 0.6) is 5.75 Å². The summed E-state index contributed by atoms with van der Waals surface area (Å²) in [5.74, 6) is 2.40. The van der Waals surface area contributed by atoms with Gasteiger partial charge in [-0.25, -0.2) is 4.98 Å². The first kappa shape index (κ1) is 19.4. The fourth-order valence-electron chi connectivity index (χ4n) is 4.15. The Labute approximate surface area is 180 Å². The Hall–Kier alpha value is -3.52. The average Bonchev–Trinajstić information content (AvgIpc) is 3.20. The lowest BCUT2D eigenvalue weighted by Gasteiger charge is -2.34. The van der Waals surface area contributed by atoms with Crippen LogP contribution in [0.25, 0.3) is 22.3 Å². The molecule has 4 aromatic rings. The topological polar surface area (TPSA) is 91.9 Å². The number of fused-ring (bicyclic) bond motifs is 1. The third-order valence-electron chi connectivity index (χ3n) is 5.79. The van der Waals surface area contributed by atoms with Crippen LogP contribution in [0, 0.1) is 6.92 Å². The number of aromatic nitrogens is 5. The quantitative estimate of drug-likeness (QED) is 0.518. The zero-order valence-electron chi connectivity index (χ0n) is 17.7. The molecule has 0 spiro atoms. The second-order valence-electron chi connectivity index (χ2n) is 7.83. The molecule has 31 heavy (non-hydrogen) atoms. The summed E-state index contributed by atoms with van der Waals surface area (Å²) in [6.07, 6.45) is 2.64. The lowest BCUT2D eigenvalue weighted by Crippen LogP contribution is -2.52. The van der Waals surface area contributed by atoms with Gasteiger partial charge in [-0.3, -0.25) is 5.10 Å². The molecule has 0 radical (unpaired) electrons. The Morgan fingerprint density at radius 2 is 2.10 bits per heavy atom. The monoisotopic (exact) mass is 415 g/mol. The number of methoxy groups -OCH3 is 1. The first-order valence-electron chi connectivity index (χ1n) is 10.5. The molecule has 8 heteroatoms. The standard InChI is InChI=1S/C23H25N7O/c1-15-19-12-17(7-8-20(19)28-27-15)23-26-22(13-25-29-23)30-10-9-24-18(14-30)11-16-5-3-4-6-21(16)31-2/h3-8,12-13,18,24H,9-11,14H2,1-2H3,(H,27,28). The van der Waals surface area contributed by atoms with E-state index in [1.54, 1.807) is 13.3 Å². The van der Waals surface area contributed by atoms with Gasteiger partial charge >= 0.3 is 0 Å². The number of nitrogens with one attached hydrogen (secondary N) is 2. The molecule has 0 saturated carbocycles. The molecule has 0 aliphatic carbocycles. The molecule has 1 aliphatic heterocycles. The molecule has 8 nitrogen and oxygen atoms in total. The normalized spacial score (nSPS) is 16.6. The number of anilines is 1. The molecule has 1 fully saturated rings. The molecule has 1 saturated heterocycles. The van der Waals surface area contributed by atoms with Crippen molar-refractivity contribution < 1.29 is 4.74 Å². The summed E-state index contributed by atoms with van der Waals surface area (Å²) in [7, 11) is 1.72. The lowest BCUT2D eigenvalue weighted by atomic mass is 10.0. The van der Waals surface area contributed by atoms with Crippen LogP contribution >= 0.6 is 0 Å². The van der Waals surface area contributed by atoms with Crippen molar-refractivity contribution in [3.63, 3.8) is 0 Å². The number of rotatable bonds is 5. The maximum atomic E-state index is 5.52. The van der Waals surface area contributed by atoms with Gasteiger partial charge < -0.3 is 15.0 Å². The predicted octanol–water partition coefficient (Wildman–Crippen LogP) is 2.75. The molecule has 1 unspecified atom stereocenters. The Kier molecular flexibility index (Phi) is 5.21. The van der Waals surface area contributed by atoms with Crippen molar-refractivity contribution in [2.75, 3.05) is 31.6 Å². The molecule has 1 aliphatic rings. The molecular formula is C23H25N7O. The van der Waals surface area contributed by atoms with E-state index in [2.05, 4.69) is 48.8 Å². The van der Waals surface area contributed by atoms with Crippen molar-refractivity contribution in [1.82, 2.24) is 30.7 Å². The van der Waals surface area contributed by atoms with E-state index in [1.165, 1.54) is 5.56 Å². The molecule has 2 N–H and O–H groups in total. The molecular weight excluding hydrogens is 390 g/mol. The largest absolute Gasteiger partial charge is 0.496 e. The lowest BCUT2D eigenvalue weighted by molar-refractivity contribution is 0.400. The molecule has 0 bridgehead atoms. The SMILES string of the molecule is COc1ccccc1CC1CN(c2cnnc(-c3ccc4n[nH]c(C)c4c3)n2)CCN1. The van der Waals surface area contributed by atoms with Crippen LogP contribution in [0.15, 0.2) is 48.7 Å². The zero-order chi connectivity index (χ0) is 21.2. The van der Waals surface area contributed by atoms with Crippen LogP contribution in [0.1, 0.15) is 11.3 Å². The summed E-state index contributed by atoms with van der Waals surface area (Å²) in [4.78, 5) is 7.11. The van der Waals surface area contributed by atoms with Gasteiger partial charge in [0, 0.05) is 42.3 Å². The van der Waals surface area contributed by atoms with Gasteiger partial charge in [-0.2, -0.15) is 10.2 Å². The van der Waals surface area contributed by atoms with E-state index in [0.717, 1.165) is 59.8 Å². The predicted molar refractivity (Wildman–Crippen MR) is 120 cm³/mol. The minimum atomic E-state index is 0.299. The summed E-state index contributed by atoms with van der Waals surface area (Å²) in [5.41, 5.74) is 4.11. The van der Waals surface area contributed by atoms with Gasteiger partial charge in [-0.15, -0.1) is 5.10 Å². The number of nitrogens with zero attached hydrogens (tertiary/aromatic N) is 5. The minimum absolute atomic E-state index is 0.299. The fourth-order valence-corrected chi connectivity index (χ4v) is 4.15. The summed E-state index contributed by atoms with van der Waals surface area (Å²) in [5, 5.41) is 20.5. The van der Waals surface area contributed by atoms with E-state index in [1.807, 2.05) is 31.2 Å². The van der Waals surface area contributed by atoms with Gasteiger partial charge in [0.15, 0.2) is 11.6 Å². The van der Waals surface area contributed by atoms with E-state index in [-0.39, 0.29) is 0 Å². The Morgan fingerprint density at radius 3 is 3.00 bits per heavy atom. The first-order valence-corrected chi connectivity index (χ1v) is 10.5. The van der Waals surface area contributed by atoms with Crippen LogP contribution in [0.4, 0.5) is 5.82 Å². The summed E-state index contributed by atoms with van der Waals surface area (Å²) in [6.45, 7) is 4.62. The van der Waals surface area contributed by atoms with E-state index in [9.17, 15) is 0 Å². The fraction of sp³-hybridized carbons (Fsp3) is 0.304. The molecule has 5 rings (SSSR count). The van der Waals surface area contributed by atoms with Crippen LogP contribution in [-0.2, 0) is 6.42 Å². The second kappa shape index (κ2) is 8.31. The number of ether oxygens (including phenoxy) is 1. The molecule has 2 aromatic carbocycles. The second-order valence-corrected chi connectivity index (χ2v) is 7.83. The van der Waals surface area contributed by atoms with Crippen LogP contribution in [-0.4, -0.2) is 58.2 Å². The van der Waals surface area contributed by atoms with Crippen molar-refractivity contribution in [1.29, 1.82) is 0 Å². The maximum Gasteiger partial charge on any atom is 0.183 e. The average molecular weight is 416 g/mol. The third kappa shape index (κ3) is 3.94. The molecule has 0 amide bonds. The van der Waals surface area contributed by atoms with Gasteiger partial charge in [-0.05, 0) is 43.2 Å². The first-order chi connectivity index (χ1) is 15.2. The zero-order valence-corrected chi connectivity index (χ0v) is 17.7. The van der Waals surface area contributed by atoms with Crippen molar-refractivity contribution in [3.05, 3.63) is 59.9 Å². The number of piperazine rings is 1. The van der Waals surface area contributed by atoms with Gasteiger partial charge in [0.1, 0.15) is 5.75 Å². The van der Waals surface area contributed by atoms with E-state index in [0.29, 0.717) is 11.9 Å². The van der Waals surface area contributed by atoms with Gasteiger partial charge in [-0.1, -0.05) is 18.2 Å². The highest BCUT2D eigenvalue weighted by molar-refractivity contribution is 5.85. The van der Waals surface area contributed by atoms with Crippen molar-refractivity contribution in [3.8, 4) is 17.1 Å². The summed E-state index contributed by atoms with van der Waals surface area (Å²) in [6, 6.07) is 14.5. The highest BCUT2D eigenvalue weighted by Gasteiger charge is 2.22. The van der Waals surface area contributed by atoms with Crippen LogP contribution in [0.2, 0.25) is 0 Å². The maximum absolute atomic E-state index is 5.52. The number of hydrogen-bond acceptors (Lipinski definition) is 7. The number of benzene rings is 2. The van der Waals surface area contributed by atoms with Gasteiger partial charge in [0.2, 0.25) is 0 Å². The number of aryl methyl sites for hydroxylation is 1. The number of aromatic amines is 1. The van der Waals surface area contributed by atoms with Crippen molar-refractivity contribution in [2.45, 2.75) is 19.4 Å². The van der Waals surface area contributed by atoms with Gasteiger partial charge in [0.25, 0.3) is 0 Å². The molecule has 1 atom stereocenters. The Balaban J connectivity index is 1.37. The van der Waals surface area contributed by atoms with Crippen LogP contribution < -0.4 is 15.0 Å². The van der Waals surface area contributed by atoms with Crippen molar-refractivity contribution >= 4 is 16.7 Å². The van der Waals surface area contributed by atoms with Crippen molar-refractivity contribution in [2.24, 2.45) is 0 Å². The Morgan fingerprint density at radius 1 is 1.19 bits per heavy atom. The number of para-hydroxylation sites is 1. The highest BCUT2D eigenvalue weighted by atomic mass is 16.5. The molecule has 158 valence electrons. The number of H-pyrrole nitrogens is 1. The smallest absolute Gasteiger partial charge is 0.183 e. The summed E-state index contributed by atoms with van der Waals surface area (Å²) >= 11 is 0. The molecule has 3 heterocycles. The Bertz CT molecular complexity index is 1210. The van der Waals surface area contributed by atoms with E-state index < -0.39 is 0 Å². The van der Waals surface area contributed by atoms with E-state index >= 15 is 0 Å². The highest BCUT2D eigenvalue weighted by Crippen LogP contribution is 2.25.